The van der Waals surface area contributed by atoms with E-state index in [0.717, 1.165) is 29.7 Å². The Bertz CT molecular complexity index is 652. The quantitative estimate of drug-likeness (QED) is 0.714. The maximum Gasteiger partial charge on any atom is 0.119 e. The number of benzene rings is 2. The van der Waals surface area contributed by atoms with Crippen molar-refractivity contribution in [2.75, 3.05) is 6.61 Å². The SMILES string of the molecule is Cl.NC(C1CCC(O)c2ccccc2C1)[C@@H](O)COc1ccccc1. The van der Waals surface area contributed by atoms with Gasteiger partial charge in [0.15, 0.2) is 0 Å². The molecule has 3 unspecified atom stereocenters. The Balaban J connectivity index is 0.00000225. The van der Waals surface area contributed by atoms with Gasteiger partial charge in [-0.3, -0.25) is 0 Å². The molecule has 0 heterocycles. The minimum absolute atomic E-state index is 0. The lowest BCUT2D eigenvalue weighted by Crippen LogP contribution is -2.45. The monoisotopic (exact) mass is 363 g/mol. The van der Waals surface area contributed by atoms with Crippen molar-refractivity contribution < 1.29 is 14.9 Å². The van der Waals surface area contributed by atoms with Gasteiger partial charge in [0.05, 0.1) is 6.10 Å². The molecule has 0 aromatic heterocycles. The van der Waals surface area contributed by atoms with Gasteiger partial charge in [0.25, 0.3) is 0 Å². The molecular weight excluding hydrogens is 338 g/mol. The maximum absolute atomic E-state index is 10.4. The molecule has 0 amide bonds. The Labute approximate surface area is 155 Å². The fourth-order valence-electron chi connectivity index (χ4n) is 3.41. The summed E-state index contributed by atoms with van der Waals surface area (Å²) in [7, 11) is 0. The van der Waals surface area contributed by atoms with E-state index < -0.39 is 12.2 Å². The van der Waals surface area contributed by atoms with Crippen molar-refractivity contribution in [2.45, 2.75) is 37.5 Å². The minimum Gasteiger partial charge on any atom is -0.491 e. The molecule has 0 aliphatic heterocycles. The second-order valence-corrected chi connectivity index (χ2v) is 6.52. The van der Waals surface area contributed by atoms with E-state index in [2.05, 4.69) is 0 Å². The van der Waals surface area contributed by atoms with Crippen molar-refractivity contribution in [1.29, 1.82) is 0 Å². The maximum atomic E-state index is 10.4. The van der Waals surface area contributed by atoms with Crippen molar-refractivity contribution in [3.63, 3.8) is 0 Å². The van der Waals surface area contributed by atoms with Crippen LogP contribution in [0.15, 0.2) is 54.6 Å². The lowest BCUT2D eigenvalue weighted by molar-refractivity contribution is 0.0618. The van der Waals surface area contributed by atoms with Crippen LogP contribution in [0.4, 0.5) is 0 Å². The zero-order chi connectivity index (χ0) is 16.9. The van der Waals surface area contributed by atoms with Gasteiger partial charge < -0.3 is 20.7 Å². The molecule has 0 bridgehead atoms. The highest BCUT2D eigenvalue weighted by Gasteiger charge is 2.30. The summed E-state index contributed by atoms with van der Waals surface area (Å²) < 4.78 is 5.62. The van der Waals surface area contributed by atoms with Crippen molar-refractivity contribution in [3.05, 3.63) is 65.7 Å². The van der Waals surface area contributed by atoms with Gasteiger partial charge in [-0.1, -0.05) is 42.5 Å². The van der Waals surface area contributed by atoms with E-state index in [1.54, 1.807) is 0 Å². The van der Waals surface area contributed by atoms with Crippen molar-refractivity contribution in [2.24, 2.45) is 11.7 Å². The molecule has 0 radical (unpaired) electrons. The second kappa shape index (κ2) is 9.20. The fourth-order valence-corrected chi connectivity index (χ4v) is 3.41. The van der Waals surface area contributed by atoms with E-state index >= 15 is 0 Å². The summed E-state index contributed by atoms with van der Waals surface area (Å²) in [6.07, 6.45) is 1.05. The van der Waals surface area contributed by atoms with E-state index in [9.17, 15) is 10.2 Å². The lowest BCUT2D eigenvalue weighted by Gasteiger charge is -2.27. The number of hydrogen-bond acceptors (Lipinski definition) is 4. The van der Waals surface area contributed by atoms with E-state index in [-0.39, 0.29) is 31.0 Å². The third-order valence-corrected chi connectivity index (χ3v) is 4.86. The van der Waals surface area contributed by atoms with Gasteiger partial charge in [-0.15, -0.1) is 12.4 Å². The van der Waals surface area contributed by atoms with Gasteiger partial charge in [-0.2, -0.15) is 0 Å². The van der Waals surface area contributed by atoms with Crippen LogP contribution >= 0.6 is 12.4 Å². The second-order valence-electron chi connectivity index (χ2n) is 6.52. The van der Waals surface area contributed by atoms with Crippen molar-refractivity contribution in [1.82, 2.24) is 0 Å². The third kappa shape index (κ3) is 4.95. The average Bonchev–Trinajstić information content (AvgIpc) is 2.79. The van der Waals surface area contributed by atoms with Gasteiger partial charge in [0, 0.05) is 6.04 Å². The molecule has 3 rings (SSSR count). The highest BCUT2D eigenvalue weighted by molar-refractivity contribution is 5.85. The van der Waals surface area contributed by atoms with Crippen LogP contribution < -0.4 is 10.5 Å². The Morgan fingerprint density at radius 2 is 1.72 bits per heavy atom. The Hall–Kier alpha value is -1.59. The average molecular weight is 364 g/mol. The summed E-state index contributed by atoms with van der Waals surface area (Å²) in [6.45, 7) is 0.173. The molecule has 2 aromatic carbocycles. The fraction of sp³-hybridized carbons (Fsp3) is 0.400. The van der Waals surface area contributed by atoms with Crippen LogP contribution in [0, 0.1) is 5.92 Å². The number of hydrogen-bond donors (Lipinski definition) is 3. The predicted molar refractivity (Wildman–Crippen MR) is 101 cm³/mol. The smallest absolute Gasteiger partial charge is 0.119 e. The number of rotatable bonds is 5. The van der Waals surface area contributed by atoms with Crippen LogP contribution in [0.5, 0.6) is 5.75 Å². The number of halogens is 1. The first-order valence-corrected chi connectivity index (χ1v) is 8.52. The molecule has 136 valence electrons. The zero-order valence-corrected chi connectivity index (χ0v) is 14.9. The van der Waals surface area contributed by atoms with E-state index in [1.165, 1.54) is 0 Å². The molecule has 0 saturated carbocycles. The molecule has 4 nitrogen and oxygen atoms in total. The molecule has 5 heteroatoms. The Morgan fingerprint density at radius 3 is 2.48 bits per heavy atom. The Morgan fingerprint density at radius 1 is 1.04 bits per heavy atom. The molecule has 4 atom stereocenters. The summed E-state index contributed by atoms with van der Waals surface area (Å²) in [4.78, 5) is 0. The molecular formula is C20H26ClNO3. The molecule has 0 fully saturated rings. The normalized spacial score (nSPS) is 22.0. The van der Waals surface area contributed by atoms with E-state index in [0.29, 0.717) is 6.42 Å². The van der Waals surface area contributed by atoms with Gasteiger partial charge in [0.1, 0.15) is 18.5 Å². The van der Waals surface area contributed by atoms with Crippen LogP contribution in [0.3, 0.4) is 0 Å². The number of para-hydroxylation sites is 1. The number of ether oxygens (including phenoxy) is 1. The number of aliphatic hydroxyl groups is 2. The van der Waals surface area contributed by atoms with E-state index in [1.807, 2.05) is 54.6 Å². The van der Waals surface area contributed by atoms with Crippen LogP contribution in [0.1, 0.15) is 30.1 Å². The molecule has 4 N–H and O–H groups in total. The van der Waals surface area contributed by atoms with Crippen molar-refractivity contribution >= 4 is 12.4 Å². The Kier molecular flexibility index (Phi) is 7.26. The van der Waals surface area contributed by atoms with Crippen LogP contribution in [-0.2, 0) is 6.42 Å². The number of fused-ring (bicyclic) bond motifs is 1. The lowest BCUT2D eigenvalue weighted by atomic mass is 9.87. The van der Waals surface area contributed by atoms with Gasteiger partial charge >= 0.3 is 0 Å². The summed E-state index contributed by atoms with van der Waals surface area (Å²) in [6, 6.07) is 17.0. The van der Waals surface area contributed by atoms with Gasteiger partial charge in [-0.05, 0) is 48.4 Å². The molecule has 25 heavy (non-hydrogen) atoms. The molecule has 1 aliphatic carbocycles. The summed E-state index contributed by atoms with van der Waals surface area (Å²) in [5.74, 6) is 0.850. The van der Waals surface area contributed by atoms with Gasteiger partial charge in [0.2, 0.25) is 0 Å². The minimum atomic E-state index is -0.738. The van der Waals surface area contributed by atoms with Crippen molar-refractivity contribution in [3.8, 4) is 5.75 Å². The third-order valence-electron chi connectivity index (χ3n) is 4.86. The molecule has 2 aromatic rings. The van der Waals surface area contributed by atoms with Crippen LogP contribution in [0.25, 0.3) is 0 Å². The first kappa shape index (κ1) is 19.7. The summed E-state index contributed by atoms with van der Waals surface area (Å²) >= 11 is 0. The molecule has 1 aliphatic rings. The molecule has 0 saturated heterocycles. The van der Waals surface area contributed by atoms with Gasteiger partial charge in [-0.25, -0.2) is 0 Å². The highest BCUT2D eigenvalue weighted by atomic mass is 35.5. The highest BCUT2D eigenvalue weighted by Crippen LogP contribution is 2.32. The zero-order valence-electron chi connectivity index (χ0n) is 14.1. The first-order chi connectivity index (χ1) is 11.6. The van der Waals surface area contributed by atoms with E-state index in [4.69, 9.17) is 10.5 Å². The number of aliphatic hydroxyl groups excluding tert-OH is 2. The topological polar surface area (TPSA) is 75.7 Å². The summed E-state index contributed by atoms with van der Waals surface area (Å²) in [5, 5.41) is 20.7. The standard InChI is InChI=1S/C20H25NO3.ClH/c21-20(19(23)13-24-16-7-2-1-3-8-16)15-10-11-18(22)17-9-5-4-6-14(17)12-15;/h1-9,15,18-20,22-23H,10-13,21H2;1H/t15?,18?,19-,20?;/m0./s1. The summed E-state index contributed by atoms with van der Waals surface area (Å²) in [5.41, 5.74) is 8.43. The first-order valence-electron chi connectivity index (χ1n) is 8.52. The number of nitrogens with two attached hydrogens (primary N) is 1. The largest absolute Gasteiger partial charge is 0.491 e. The molecule has 0 spiro atoms. The predicted octanol–water partition coefficient (Wildman–Crippen LogP) is 2.86. The van der Waals surface area contributed by atoms with Crippen LogP contribution in [-0.4, -0.2) is 29.0 Å². The van der Waals surface area contributed by atoms with Crippen LogP contribution in [0.2, 0.25) is 0 Å².